The van der Waals surface area contributed by atoms with Crippen molar-refractivity contribution < 1.29 is 4.79 Å². The maximum atomic E-state index is 11.2. The molecule has 1 amide bonds. The van der Waals surface area contributed by atoms with E-state index in [1.807, 2.05) is 0 Å². The van der Waals surface area contributed by atoms with Crippen molar-refractivity contribution in [2.75, 3.05) is 6.54 Å². The second-order valence-electron chi connectivity index (χ2n) is 3.94. The van der Waals surface area contributed by atoms with E-state index in [2.05, 4.69) is 12.2 Å². The average molecular weight is 184 g/mol. The van der Waals surface area contributed by atoms with Gasteiger partial charge < -0.3 is 11.1 Å². The molecule has 1 aliphatic rings. The van der Waals surface area contributed by atoms with E-state index < -0.39 is 0 Å². The number of nitrogens with two attached hydrogens (primary N) is 1. The molecule has 0 aromatic heterocycles. The normalized spacial score (nSPS) is 20.2. The minimum Gasteiger partial charge on any atom is -0.353 e. The molecule has 0 radical (unpaired) electrons. The summed E-state index contributed by atoms with van der Waals surface area (Å²) < 4.78 is 0. The number of amides is 1. The molecule has 0 spiro atoms. The Bertz CT molecular complexity index is 164. The first-order valence-corrected chi connectivity index (χ1v) is 5.23. The third-order valence-electron chi connectivity index (χ3n) is 2.87. The third kappa shape index (κ3) is 3.35. The predicted molar refractivity (Wildman–Crippen MR) is 53.2 cm³/mol. The molecule has 3 heteroatoms. The van der Waals surface area contributed by atoms with Crippen molar-refractivity contribution in [1.29, 1.82) is 0 Å². The lowest BCUT2D eigenvalue weighted by Gasteiger charge is -2.20. The van der Waals surface area contributed by atoms with Crippen LogP contribution in [0, 0.1) is 5.92 Å². The van der Waals surface area contributed by atoms with E-state index in [0.717, 1.165) is 0 Å². The second-order valence-corrected chi connectivity index (χ2v) is 3.94. The lowest BCUT2D eigenvalue weighted by molar-refractivity contribution is -0.121. The Morgan fingerprint density at radius 3 is 2.69 bits per heavy atom. The zero-order valence-corrected chi connectivity index (χ0v) is 8.38. The molecular formula is C10H20N2O. The molecule has 0 aromatic rings. The number of rotatable bonds is 4. The fraction of sp³-hybridized carbons (Fsp3) is 0.900. The van der Waals surface area contributed by atoms with Crippen molar-refractivity contribution in [2.24, 2.45) is 11.7 Å². The first-order chi connectivity index (χ1) is 6.24. The molecule has 3 N–H and O–H groups in total. The lowest BCUT2D eigenvalue weighted by Crippen LogP contribution is -2.37. The molecular weight excluding hydrogens is 164 g/mol. The van der Waals surface area contributed by atoms with Crippen molar-refractivity contribution in [2.45, 2.75) is 45.1 Å². The summed E-state index contributed by atoms with van der Waals surface area (Å²) in [4.78, 5) is 11.2. The molecule has 0 heterocycles. The smallest absolute Gasteiger partial charge is 0.221 e. The van der Waals surface area contributed by atoms with Crippen LogP contribution in [-0.2, 0) is 4.79 Å². The van der Waals surface area contributed by atoms with Crippen LogP contribution in [-0.4, -0.2) is 18.5 Å². The van der Waals surface area contributed by atoms with Crippen molar-refractivity contribution in [3.63, 3.8) is 0 Å². The van der Waals surface area contributed by atoms with Gasteiger partial charge in [-0.15, -0.1) is 0 Å². The minimum atomic E-state index is 0.0990. The van der Waals surface area contributed by atoms with Gasteiger partial charge in [0.25, 0.3) is 0 Å². The van der Waals surface area contributed by atoms with Crippen LogP contribution >= 0.6 is 0 Å². The Labute approximate surface area is 80.1 Å². The van der Waals surface area contributed by atoms with Crippen LogP contribution in [0.5, 0.6) is 0 Å². The predicted octanol–water partition coefficient (Wildman–Crippen LogP) is 1.03. The van der Waals surface area contributed by atoms with Gasteiger partial charge in [0, 0.05) is 19.0 Å². The van der Waals surface area contributed by atoms with Crippen LogP contribution in [0.2, 0.25) is 0 Å². The molecule has 1 rings (SSSR count). The molecule has 1 atom stereocenters. The number of hydrogen-bond acceptors (Lipinski definition) is 2. The van der Waals surface area contributed by atoms with E-state index in [9.17, 15) is 4.79 Å². The lowest BCUT2D eigenvalue weighted by atomic mass is 10.00. The third-order valence-corrected chi connectivity index (χ3v) is 2.87. The van der Waals surface area contributed by atoms with Gasteiger partial charge in [0.2, 0.25) is 5.91 Å². The van der Waals surface area contributed by atoms with E-state index in [4.69, 9.17) is 5.73 Å². The van der Waals surface area contributed by atoms with Crippen molar-refractivity contribution in [3.05, 3.63) is 0 Å². The maximum absolute atomic E-state index is 11.2. The van der Waals surface area contributed by atoms with Gasteiger partial charge in [0.1, 0.15) is 0 Å². The van der Waals surface area contributed by atoms with E-state index in [-0.39, 0.29) is 5.91 Å². The molecule has 1 aliphatic carbocycles. The van der Waals surface area contributed by atoms with Crippen LogP contribution in [0.15, 0.2) is 0 Å². The second kappa shape index (κ2) is 5.22. The molecule has 0 unspecified atom stereocenters. The Morgan fingerprint density at radius 2 is 2.15 bits per heavy atom. The SMILES string of the molecule is C[C@H](NC(=O)CCN)C1CCCC1. The van der Waals surface area contributed by atoms with Gasteiger partial charge in [0.15, 0.2) is 0 Å². The highest BCUT2D eigenvalue weighted by Gasteiger charge is 2.22. The summed E-state index contributed by atoms with van der Waals surface area (Å²) in [5, 5.41) is 3.00. The summed E-state index contributed by atoms with van der Waals surface area (Å²) in [5.74, 6) is 0.795. The fourth-order valence-electron chi connectivity index (χ4n) is 2.03. The van der Waals surface area contributed by atoms with Gasteiger partial charge >= 0.3 is 0 Å². The highest BCUT2D eigenvalue weighted by molar-refractivity contribution is 5.76. The largest absolute Gasteiger partial charge is 0.353 e. The van der Waals surface area contributed by atoms with Gasteiger partial charge in [-0.05, 0) is 25.7 Å². The van der Waals surface area contributed by atoms with E-state index in [1.165, 1.54) is 25.7 Å². The average Bonchev–Trinajstić information content (AvgIpc) is 2.55. The van der Waals surface area contributed by atoms with Crippen molar-refractivity contribution in [3.8, 4) is 0 Å². The molecule has 76 valence electrons. The number of carbonyl (C=O) groups is 1. The molecule has 1 saturated carbocycles. The van der Waals surface area contributed by atoms with Crippen LogP contribution in [0.3, 0.4) is 0 Å². The van der Waals surface area contributed by atoms with Crippen molar-refractivity contribution >= 4 is 5.91 Å². The summed E-state index contributed by atoms with van der Waals surface area (Å²) >= 11 is 0. The first kappa shape index (κ1) is 10.5. The van der Waals surface area contributed by atoms with Crippen LogP contribution in [0.1, 0.15) is 39.0 Å². The summed E-state index contributed by atoms with van der Waals surface area (Å²) in [6, 6.07) is 0.335. The first-order valence-electron chi connectivity index (χ1n) is 5.23. The fourth-order valence-corrected chi connectivity index (χ4v) is 2.03. The summed E-state index contributed by atoms with van der Waals surface area (Å²) in [6.07, 6.45) is 5.63. The molecule has 3 nitrogen and oxygen atoms in total. The van der Waals surface area contributed by atoms with E-state index in [1.54, 1.807) is 0 Å². The number of hydrogen-bond donors (Lipinski definition) is 2. The van der Waals surface area contributed by atoms with Crippen LogP contribution in [0.4, 0.5) is 0 Å². The Balaban J connectivity index is 2.22. The van der Waals surface area contributed by atoms with Crippen LogP contribution in [0.25, 0.3) is 0 Å². The quantitative estimate of drug-likeness (QED) is 0.685. The van der Waals surface area contributed by atoms with Crippen LogP contribution < -0.4 is 11.1 Å². The summed E-state index contributed by atoms with van der Waals surface area (Å²) in [5.41, 5.74) is 5.30. The highest BCUT2D eigenvalue weighted by atomic mass is 16.1. The van der Waals surface area contributed by atoms with E-state index >= 15 is 0 Å². The zero-order chi connectivity index (χ0) is 9.68. The van der Waals surface area contributed by atoms with E-state index in [0.29, 0.717) is 24.9 Å². The molecule has 0 aliphatic heterocycles. The standard InChI is InChI=1S/C10H20N2O/c1-8(9-4-2-3-5-9)12-10(13)6-7-11/h8-9H,2-7,11H2,1H3,(H,12,13)/t8-/m0/s1. The molecule has 0 saturated heterocycles. The van der Waals surface area contributed by atoms with Gasteiger partial charge in [-0.25, -0.2) is 0 Å². The zero-order valence-electron chi connectivity index (χ0n) is 8.38. The number of carbonyl (C=O) groups excluding carboxylic acids is 1. The molecule has 1 fully saturated rings. The monoisotopic (exact) mass is 184 g/mol. The minimum absolute atomic E-state index is 0.0990. The summed E-state index contributed by atoms with van der Waals surface area (Å²) in [6.45, 7) is 2.55. The van der Waals surface area contributed by atoms with Gasteiger partial charge in [-0.1, -0.05) is 12.8 Å². The topological polar surface area (TPSA) is 55.1 Å². The van der Waals surface area contributed by atoms with Gasteiger partial charge in [0.05, 0.1) is 0 Å². The Morgan fingerprint density at radius 1 is 1.54 bits per heavy atom. The Hall–Kier alpha value is -0.570. The molecule has 13 heavy (non-hydrogen) atoms. The summed E-state index contributed by atoms with van der Waals surface area (Å²) in [7, 11) is 0. The maximum Gasteiger partial charge on any atom is 0.221 e. The van der Waals surface area contributed by atoms with Crippen molar-refractivity contribution in [1.82, 2.24) is 5.32 Å². The Kier molecular flexibility index (Phi) is 4.22. The molecule has 0 aromatic carbocycles. The van der Waals surface area contributed by atoms with Gasteiger partial charge in [-0.3, -0.25) is 4.79 Å². The number of nitrogens with one attached hydrogen (secondary N) is 1. The van der Waals surface area contributed by atoms with Gasteiger partial charge in [-0.2, -0.15) is 0 Å². The highest BCUT2D eigenvalue weighted by Crippen LogP contribution is 2.27. The molecule has 0 bridgehead atoms.